The van der Waals surface area contributed by atoms with E-state index in [9.17, 15) is 14.7 Å². The third-order valence-corrected chi connectivity index (χ3v) is 5.49. The molecule has 11 heteroatoms. The number of imidazole rings is 1. The number of likely N-dealkylation sites (N-methyl/N-ethyl adjacent to an activating group) is 1. The predicted molar refractivity (Wildman–Crippen MR) is 109 cm³/mol. The summed E-state index contributed by atoms with van der Waals surface area (Å²) in [5.41, 5.74) is 2.98. The molecule has 2 fully saturated rings. The zero-order valence-corrected chi connectivity index (χ0v) is 16.8. The number of amides is 3. The minimum atomic E-state index is -0.363. The first kappa shape index (κ1) is 18.6. The van der Waals surface area contributed by atoms with Crippen LogP contribution in [-0.4, -0.2) is 54.9 Å². The number of carbonyl (C=O) groups excluding carboxylic acids is 2. The van der Waals surface area contributed by atoms with E-state index in [0.717, 1.165) is 23.3 Å². The van der Waals surface area contributed by atoms with Gasteiger partial charge in [0.2, 0.25) is 11.2 Å². The molecule has 3 aromatic rings. The molecule has 1 aliphatic heterocycles. The molecule has 0 radical (unpaired) electrons. The van der Waals surface area contributed by atoms with Gasteiger partial charge in [-0.2, -0.15) is 4.98 Å². The van der Waals surface area contributed by atoms with Crippen molar-refractivity contribution in [2.24, 2.45) is 0 Å². The lowest BCUT2D eigenvalue weighted by molar-refractivity contribution is -0.123. The number of hydrogen-bond donors (Lipinski definition) is 2. The number of carbonyl (C=O) groups is 2. The topological polar surface area (TPSA) is 116 Å². The van der Waals surface area contributed by atoms with E-state index >= 15 is 0 Å². The summed E-state index contributed by atoms with van der Waals surface area (Å²) in [6.07, 6.45) is 7.29. The van der Waals surface area contributed by atoms with Crippen LogP contribution in [0.3, 0.4) is 0 Å². The van der Waals surface area contributed by atoms with E-state index in [1.807, 2.05) is 22.9 Å². The van der Waals surface area contributed by atoms with E-state index in [-0.39, 0.29) is 41.9 Å². The van der Waals surface area contributed by atoms with Gasteiger partial charge in [-0.05, 0) is 42.0 Å². The maximum Gasteiger partial charge on any atom is 0.331 e. The second kappa shape index (κ2) is 6.84. The molecule has 0 atom stereocenters. The molecule has 0 spiro atoms. The smallest absolute Gasteiger partial charge is 0.331 e. The van der Waals surface area contributed by atoms with Crippen molar-refractivity contribution in [1.82, 2.24) is 24.3 Å². The summed E-state index contributed by atoms with van der Waals surface area (Å²) in [5, 5.41) is 12.9. The predicted octanol–water partition coefficient (Wildman–Crippen LogP) is 2.37. The van der Waals surface area contributed by atoms with Crippen molar-refractivity contribution in [3.05, 3.63) is 41.2 Å². The number of pyridine rings is 1. The molecule has 5 rings (SSSR count). The van der Waals surface area contributed by atoms with Crippen LogP contribution in [0, 0.1) is 0 Å². The first-order valence-electron chi connectivity index (χ1n) is 9.45. The van der Waals surface area contributed by atoms with Crippen molar-refractivity contribution in [3.63, 3.8) is 0 Å². The lowest BCUT2D eigenvalue weighted by Gasteiger charge is -2.17. The molecule has 0 unspecified atom stereocenters. The second-order valence-corrected chi connectivity index (χ2v) is 7.78. The molecule has 10 nitrogen and oxygen atoms in total. The molecule has 3 aromatic heterocycles. The van der Waals surface area contributed by atoms with Gasteiger partial charge in [0.15, 0.2) is 17.2 Å². The monoisotopic (exact) mass is 427 g/mol. The summed E-state index contributed by atoms with van der Waals surface area (Å²) >= 11 is 5.78. The van der Waals surface area contributed by atoms with Crippen LogP contribution in [-0.2, 0) is 11.3 Å². The maximum absolute atomic E-state index is 12.6. The Bertz CT molecular complexity index is 1190. The van der Waals surface area contributed by atoms with Gasteiger partial charge in [0, 0.05) is 19.4 Å². The number of imide groups is 1. The first-order chi connectivity index (χ1) is 14.4. The van der Waals surface area contributed by atoms with Gasteiger partial charge >= 0.3 is 6.03 Å². The zero-order chi connectivity index (χ0) is 21.0. The van der Waals surface area contributed by atoms with Crippen LogP contribution < -0.4 is 10.2 Å². The van der Waals surface area contributed by atoms with E-state index in [0.29, 0.717) is 22.9 Å². The number of rotatable bonds is 5. The van der Waals surface area contributed by atoms with Crippen LogP contribution in [0.4, 0.5) is 16.3 Å². The van der Waals surface area contributed by atoms with E-state index in [4.69, 9.17) is 11.6 Å². The number of hydrogen-bond acceptors (Lipinski definition) is 7. The van der Waals surface area contributed by atoms with Gasteiger partial charge in [0.25, 0.3) is 0 Å². The Kier molecular flexibility index (Phi) is 4.24. The summed E-state index contributed by atoms with van der Waals surface area (Å²) in [5.74, 6) is 0.292. The van der Waals surface area contributed by atoms with Gasteiger partial charge in [-0.25, -0.2) is 14.8 Å². The minimum Gasteiger partial charge on any atom is -0.503 e. The van der Waals surface area contributed by atoms with Crippen molar-refractivity contribution < 1.29 is 14.7 Å². The number of urea groups is 1. The third kappa shape index (κ3) is 3.18. The quantitative estimate of drug-likeness (QED) is 0.474. The Morgan fingerprint density at radius 1 is 1.27 bits per heavy atom. The van der Waals surface area contributed by atoms with E-state index in [1.54, 1.807) is 0 Å². The molecule has 4 heterocycles. The highest BCUT2D eigenvalue weighted by atomic mass is 35.5. The van der Waals surface area contributed by atoms with Gasteiger partial charge in [-0.3, -0.25) is 14.6 Å². The second-order valence-electron chi connectivity index (χ2n) is 7.44. The van der Waals surface area contributed by atoms with Crippen LogP contribution in [0.5, 0.6) is 5.75 Å². The van der Waals surface area contributed by atoms with Crippen molar-refractivity contribution in [1.29, 1.82) is 0 Å². The van der Waals surface area contributed by atoms with Gasteiger partial charge in [0.05, 0.1) is 24.1 Å². The lowest BCUT2D eigenvalue weighted by Crippen LogP contribution is -2.30. The Labute approximate surface area is 176 Å². The van der Waals surface area contributed by atoms with Crippen LogP contribution in [0.25, 0.3) is 5.65 Å². The van der Waals surface area contributed by atoms with Gasteiger partial charge in [-0.15, -0.1) is 0 Å². The molecular weight excluding hydrogens is 410 g/mol. The van der Waals surface area contributed by atoms with Gasteiger partial charge in [-0.1, -0.05) is 0 Å². The van der Waals surface area contributed by atoms with Gasteiger partial charge < -0.3 is 14.8 Å². The Morgan fingerprint density at radius 3 is 2.77 bits per heavy atom. The number of fused-ring (bicyclic) bond motifs is 1. The molecule has 2 aliphatic rings. The number of aromatic nitrogens is 4. The number of aromatic hydroxyl groups is 1. The molecule has 1 saturated carbocycles. The molecule has 1 aliphatic carbocycles. The molecule has 1 saturated heterocycles. The maximum atomic E-state index is 12.6. The van der Waals surface area contributed by atoms with Crippen LogP contribution in [0.15, 0.2) is 24.7 Å². The van der Waals surface area contributed by atoms with Gasteiger partial charge in [0.1, 0.15) is 6.54 Å². The average Bonchev–Trinajstić information content (AvgIpc) is 3.45. The number of nitrogens with zero attached hydrogens (tertiary/aromatic N) is 6. The molecular formula is C19H18ClN7O3. The van der Waals surface area contributed by atoms with Crippen LogP contribution >= 0.6 is 11.6 Å². The standard InChI is InChI=1S/C19H18ClN7O3/c1-25-15(29)9-27(19(25)30)13-4-11(10-2-3-10)7-26-8-12(23-17(13)26)5-21-16-14(28)6-22-18(20)24-16/h4,6-8,10,28H,2-3,5,9H2,1H3,(H,21,22,24). The number of halogens is 1. The normalized spacial score (nSPS) is 16.7. The summed E-state index contributed by atoms with van der Waals surface area (Å²) in [6, 6.07) is 1.59. The Hall–Kier alpha value is -3.40. The fourth-order valence-corrected chi connectivity index (χ4v) is 3.65. The number of anilines is 2. The fraction of sp³-hybridized carbons (Fsp3) is 0.316. The van der Waals surface area contributed by atoms with Crippen molar-refractivity contribution in [2.45, 2.75) is 25.3 Å². The highest BCUT2D eigenvalue weighted by Crippen LogP contribution is 2.42. The molecule has 154 valence electrons. The molecule has 30 heavy (non-hydrogen) atoms. The Morgan fingerprint density at radius 2 is 2.07 bits per heavy atom. The van der Waals surface area contributed by atoms with Crippen LogP contribution in [0.1, 0.15) is 30.0 Å². The average molecular weight is 428 g/mol. The van der Waals surface area contributed by atoms with Crippen molar-refractivity contribution in [3.8, 4) is 5.75 Å². The zero-order valence-electron chi connectivity index (χ0n) is 16.0. The summed E-state index contributed by atoms with van der Waals surface area (Å²) in [4.78, 5) is 39.5. The lowest BCUT2D eigenvalue weighted by atomic mass is 10.1. The largest absolute Gasteiger partial charge is 0.503 e. The molecule has 0 aromatic carbocycles. The summed E-state index contributed by atoms with van der Waals surface area (Å²) in [7, 11) is 1.48. The molecule has 0 bridgehead atoms. The molecule has 3 amide bonds. The highest BCUT2D eigenvalue weighted by molar-refractivity contribution is 6.28. The van der Waals surface area contributed by atoms with Crippen molar-refractivity contribution in [2.75, 3.05) is 23.8 Å². The number of nitrogens with one attached hydrogen (secondary N) is 1. The summed E-state index contributed by atoms with van der Waals surface area (Å²) < 4.78 is 1.88. The van der Waals surface area contributed by atoms with E-state index in [1.165, 1.54) is 18.1 Å². The highest BCUT2D eigenvalue weighted by Gasteiger charge is 2.36. The fourth-order valence-electron chi connectivity index (χ4n) is 3.52. The SMILES string of the molecule is CN1C(=O)CN(c2cc(C3CC3)cn3cc(CNc4nc(Cl)ncc4O)nc23)C1=O. The van der Waals surface area contributed by atoms with E-state index in [2.05, 4.69) is 20.3 Å². The Balaban J connectivity index is 1.51. The first-order valence-corrected chi connectivity index (χ1v) is 9.83. The molecule has 2 N–H and O–H groups in total. The third-order valence-electron chi connectivity index (χ3n) is 5.30. The van der Waals surface area contributed by atoms with Crippen LogP contribution in [0.2, 0.25) is 5.28 Å². The van der Waals surface area contributed by atoms with Crippen molar-refractivity contribution >= 4 is 40.7 Å². The minimum absolute atomic E-state index is 0.00708. The summed E-state index contributed by atoms with van der Waals surface area (Å²) in [6.45, 7) is 0.264. The van der Waals surface area contributed by atoms with E-state index < -0.39 is 0 Å².